The van der Waals surface area contributed by atoms with E-state index >= 15 is 0 Å². The van der Waals surface area contributed by atoms with Crippen LogP contribution in [-0.2, 0) is 10.3 Å². The Hall–Kier alpha value is -2.84. The second-order valence-corrected chi connectivity index (χ2v) is 19.7. The Morgan fingerprint density at radius 2 is 1.00 bits per heavy atom. The van der Waals surface area contributed by atoms with Gasteiger partial charge in [0.15, 0.2) is 5.60 Å². The topological polar surface area (TPSA) is 44.8 Å². The van der Waals surface area contributed by atoms with Gasteiger partial charge in [-0.25, -0.2) is 4.79 Å². The molecule has 0 unspecified atom stereocenters. The molecule has 0 fully saturated rings. The van der Waals surface area contributed by atoms with Crippen LogP contribution >= 0.6 is 0 Å². The minimum atomic E-state index is -1.79. The van der Waals surface area contributed by atoms with Crippen molar-refractivity contribution in [2.45, 2.75) is 83.4 Å². The third-order valence-electron chi connectivity index (χ3n) is 8.83. The normalized spacial score (nSPS) is 14.6. The van der Waals surface area contributed by atoms with E-state index in [-0.39, 0.29) is 5.97 Å². The lowest BCUT2D eigenvalue weighted by atomic mass is 9.80. The van der Waals surface area contributed by atoms with E-state index in [2.05, 4.69) is 65.8 Å². The van der Waals surface area contributed by atoms with E-state index in [9.17, 15) is 4.79 Å². The summed E-state index contributed by atoms with van der Waals surface area (Å²) in [7, 11) is -3.58. The zero-order valence-electron chi connectivity index (χ0n) is 23.8. The summed E-state index contributed by atoms with van der Waals surface area (Å²) >= 11 is 0. The van der Waals surface area contributed by atoms with Crippen LogP contribution in [-0.4, -0.2) is 22.6 Å². The van der Waals surface area contributed by atoms with Gasteiger partial charge in [0.2, 0.25) is 16.6 Å². The number of esters is 1. The molecular weight excluding hydrogens is 505 g/mol. The smallest absolute Gasteiger partial charge is 0.340 e. The average molecular weight is 547 g/mol. The molecule has 0 atom stereocenters. The minimum absolute atomic E-state index is 0.301. The van der Waals surface area contributed by atoms with Gasteiger partial charge in [0, 0.05) is 16.7 Å². The van der Waals surface area contributed by atoms with Crippen LogP contribution in [0.25, 0.3) is 0 Å². The van der Waals surface area contributed by atoms with Gasteiger partial charge in [0.05, 0.1) is 5.56 Å². The fraction of sp³-hybridized carbons (Fsp3) is 0.406. The molecule has 1 heterocycles. The van der Waals surface area contributed by atoms with Crippen LogP contribution in [0.2, 0.25) is 36.3 Å². The highest BCUT2D eigenvalue weighted by Gasteiger charge is 2.48. The van der Waals surface area contributed by atoms with Crippen LogP contribution in [0.15, 0.2) is 72.8 Å². The highest BCUT2D eigenvalue weighted by Crippen LogP contribution is 2.47. The zero-order chi connectivity index (χ0) is 27.4. The number of rotatable bonds is 12. The fourth-order valence-corrected chi connectivity index (χ4v) is 10.9. The molecule has 202 valence electrons. The van der Waals surface area contributed by atoms with E-state index in [1.807, 2.05) is 48.5 Å². The van der Waals surface area contributed by atoms with Gasteiger partial charge in [-0.2, -0.15) is 0 Å². The Kier molecular flexibility index (Phi) is 8.53. The fourth-order valence-electron chi connectivity index (χ4n) is 5.76. The molecule has 0 aromatic heterocycles. The van der Waals surface area contributed by atoms with Crippen molar-refractivity contribution in [1.82, 2.24) is 0 Å². The van der Waals surface area contributed by atoms with E-state index < -0.39 is 22.2 Å². The maximum Gasteiger partial charge on any atom is 0.340 e. The summed E-state index contributed by atoms with van der Waals surface area (Å²) in [5, 5.41) is 0. The molecule has 0 spiro atoms. The van der Waals surface area contributed by atoms with Crippen molar-refractivity contribution in [2.75, 3.05) is 0 Å². The standard InChI is InChI=1S/C32H42O4Si2/c1-7-37(8-2,9-3)35-27-21-17-25(18-22-27)32(30-16-14-13-15-29(30)31(33)34-32)26-19-23-28(24-20-26)36-38(10-4,11-5)12-6/h13-24H,7-12H2,1-6H3. The van der Waals surface area contributed by atoms with E-state index in [1.54, 1.807) is 0 Å². The monoisotopic (exact) mass is 546 g/mol. The molecule has 0 saturated heterocycles. The SMILES string of the molecule is CC[Si](CC)(CC)Oc1ccc(C2(c3ccc(O[Si](CC)(CC)CC)cc3)OC(=O)c3ccccc32)cc1. The molecule has 3 aromatic rings. The molecule has 0 radical (unpaired) electrons. The number of hydrogen-bond donors (Lipinski definition) is 0. The number of carbonyl (C=O) groups is 1. The van der Waals surface area contributed by atoms with Gasteiger partial charge in [-0.1, -0.05) is 84.0 Å². The van der Waals surface area contributed by atoms with Gasteiger partial charge in [-0.05, 0) is 66.6 Å². The van der Waals surface area contributed by atoms with Gasteiger partial charge < -0.3 is 13.6 Å². The van der Waals surface area contributed by atoms with Crippen molar-refractivity contribution in [3.63, 3.8) is 0 Å². The Morgan fingerprint density at radius 1 is 0.605 bits per heavy atom. The summed E-state index contributed by atoms with van der Waals surface area (Å²) < 4.78 is 19.5. The highest BCUT2D eigenvalue weighted by atomic mass is 28.4. The summed E-state index contributed by atoms with van der Waals surface area (Å²) in [6, 6.07) is 30.6. The summed E-state index contributed by atoms with van der Waals surface area (Å²) in [5.41, 5.74) is 2.28. The lowest BCUT2D eigenvalue weighted by molar-refractivity contribution is 0.0251. The predicted molar refractivity (Wildman–Crippen MR) is 160 cm³/mol. The van der Waals surface area contributed by atoms with Crippen LogP contribution in [0, 0.1) is 0 Å². The quantitative estimate of drug-likeness (QED) is 0.168. The van der Waals surface area contributed by atoms with Crippen LogP contribution in [0.5, 0.6) is 11.5 Å². The number of benzene rings is 3. The molecule has 4 nitrogen and oxygen atoms in total. The lowest BCUT2D eigenvalue weighted by Crippen LogP contribution is -2.39. The van der Waals surface area contributed by atoms with E-state index in [4.69, 9.17) is 13.6 Å². The second-order valence-electron chi connectivity index (χ2n) is 10.4. The second kappa shape index (κ2) is 11.5. The first-order valence-electron chi connectivity index (χ1n) is 14.3. The summed E-state index contributed by atoms with van der Waals surface area (Å²) in [6.07, 6.45) is 0. The van der Waals surface area contributed by atoms with E-state index in [0.717, 1.165) is 64.5 Å². The number of cyclic esters (lactones) is 1. The molecule has 0 saturated carbocycles. The molecule has 0 N–H and O–H groups in total. The molecule has 3 aromatic carbocycles. The summed E-state index contributed by atoms with van der Waals surface area (Å²) in [4.78, 5) is 13.1. The Morgan fingerprint density at radius 3 is 1.39 bits per heavy atom. The Bertz CT molecular complexity index is 1150. The summed E-state index contributed by atoms with van der Waals surface area (Å²) in [6.45, 7) is 13.4. The van der Waals surface area contributed by atoms with Crippen LogP contribution < -0.4 is 8.85 Å². The third-order valence-corrected chi connectivity index (χ3v) is 17.9. The molecule has 1 aliphatic heterocycles. The van der Waals surface area contributed by atoms with Crippen molar-refractivity contribution in [3.05, 3.63) is 95.1 Å². The van der Waals surface area contributed by atoms with Gasteiger partial charge >= 0.3 is 5.97 Å². The van der Waals surface area contributed by atoms with Crippen LogP contribution in [0.4, 0.5) is 0 Å². The first-order valence-corrected chi connectivity index (χ1v) is 19.3. The first kappa shape index (κ1) is 28.2. The number of fused-ring (bicyclic) bond motifs is 1. The van der Waals surface area contributed by atoms with Crippen molar-refractivity contribution < 1.29 is 18.4 Å². The molecule has 6 heteroatoms. The van der Waals surface area contributed by atoms with Gasteiger partial charge in [-0.3, -0.25) is 0 Å². The number of ether oxygens (including phenoxy) is 1. The van der Waals surface area contributed by atoms with E-state index in [0.29, 0.717) is 5.56 Å². The van der Waals surface area contributed by atoms with Crippen molar-refractivity contribution in [1.29, 1.82) is 0 Å². The van der Waals surface area contributed by atoms with Crippen LogP contribution in [0.1, 0.15) is 68.6 Å². The van der Waals surface area contributed by atoms with Crippen molar-refractivity contribution in [3.8, 4) is 11.5 Å². The number of hydrogen-bond acceptors (Lipinski definition) is 4. The van der Waals surface area contributed by atoms with Crippen molar-refractivity contribution >= 4 is 22.6 Å². The number of carbonyl (C=O) groups excluding carboxylic acids is 1. The molecular formula is C32H42O4Si2. The average Bonchev–Trinajstić information content (AvgIpc) is 3.28. The Labute approximate surface area is 230 Å². The van der Waals surface area contributed by atoms with Gasteiger partial charge in [0.25, 0.3) is 0 Å². The Balaban J connectivity index is 1.76. The predicted octanol–water partition coefficient (Wildman–Crippen LogP) is 8.92. The molecule has 38 heavy (non-hydrogen) atoms. The molecule has 0 aliphatic carbocycles. The van der Waals surface area contributed by atoms with Crippen molar-refractivity contribution in [2.24, 2.45) is 0 Å². The summed E-state index contributed by atoms with van der Waals surface area (Å²) in [5.74, 6) is 1.48. The molecule has 0 amide bonds. The molecule has 4 rings (SSSR count). The minimum Gasteiger partial charge on any atom is -0.544 e. The van der Waals surface area contributed by atoms with Gasteiger partial charge in [0.1, 0.15) is 11.5 Å². The largest absolute Gasteiger partial charge is 0.544 e. The van der Waals surface area contributed by atoms with Crippen LogP contribution in [0.3, 0.4) is 0 Å². The molecule has 0 bridgehead atoms. The van der Waals surface area contributed by atoms with E-state index in [1.165, 1.54) is 0 Å². The highest BCUT2D eigenvalue weighted by molar-refractivity contribution is 6.74. The first-order chi connectivity index (χ1) is 18.3. The lowest BCUT2D eigenvalue weighted by Gasteiger charge is -2.32. The zero-order valence-corrected chi connectivity index (χ0v) is 25.8. The maximum absolute atomic E-state index is 13.1. The molecule has 1 aliphatic rings. The van der Waals surface area contributed by atoms with Gasteiger partial charge in [-0.15, -0.1) is 0 Å². The maximum atomic E-state index is 13.1. The third kappa shape index (κ3) is 4.96.